The molecule has 2 N–H and O–H groups in total. The Bertz CT molecular complexity index is 57.3. The maximum absolute atomic E-state index is 5.68. The second-order valence-corrected chi connectivity index (χ2v) is 2.79. The quantitative estimate of drug-likeness (QED) is 0.590. The van der Waals surface area contributed by atoms with Gasteiger partial charge in [-0.3, -0.25) is 0 Å². The van der Waals surface area contributed by atoms with Crippen LogP contribution in [0.5, 0.6) is 0 Å². The van der Waals surface area contributed by atoms with Crippen molar-refractivity contribution < 1.29 is 32.7 Å². The predicted molar refractivity (Wildman–Crippen MR) is 35.4 cm³/mol. The van der Waals surface area contributed by atoms with Gasteiger partial charge in [-0.15, -0.1) is 0 Å². The van der Waals surface area contributed by atoms with Crippen molar-refractivity contribution in [1.29, 1.82) is 0 Å². The van der Waals surface area contributed by atoms with E-state index in [4.69, 9.17) is 5.73 Å². The molecule has 0 spiro atoms. The van der Waals surface area contributed by atoms with Crippen LogP contribution in [0.2, 0.25) is 0 Å². The molecule has 0 amide bonds. The van der Waals surface area contributed by atoms with Gasteiger partial charge in [-0.2, -0.15) is 19.8 Å². The number of hydrogen-bond acceptors (Lipinski definition) is 1. The Labute approximate surface area is 82.6 Å². The summed E-state index contributed by atoms with van der Waals surface area (Å²) < 4.78 is 0. The monoisotopic (exact) mass is 201 g/mol. The summed E-state index contributed by atoms with van der Waals surface area (Å²) >= 11 is 0. The molecule has 0 aromatic heterocycles. The summed E-state index contributed by atoms with van der Waals surface area (Å²) in [5.41, 5.74) is 5.68. The van der Waals surface area contributed by atoms with E-state index in [0.717, 1.165) is 0 Å². The zero-order valence-electron chi connectivity index (χ0n) is 6.06. The fourth-order valence-electron chi connectivity index (χ4n) is 1.13. The van der Waals surface area contributed by atoms with Crippen LogP contribution in [0.3, 0.4) is 0 Å². The van der Waals surface area contributed by atoms with Crippen molar-refractivity contribution in [3.8, 4) is 0 Å². The van der Waals surface area contributed by atoms with E-state index in [1.165, 1.54) is 25.7 Å². The third-order valence-corrected chi connectivity index (χ3v) is 1.88. The first-order valence-corrected chi connectivity index (χ1v) is 3.36. The molecular formula is C7H14NY-. The van der Waals surface area contributed by atoms with Crippen LogP contribution in [-0.2, 0) is 32.7 Å². The molecule has 1 fully saturated rings. The Kier molecular flexibility index (Phi) is 5.38. The van der Waals surface area contributed by atoms with Gasteiger partial charge >= 0.3 is 0 Å². The van der Waals surface area contributed by atoms with Gasteiger partial charge in [0, 0.05) is 32.7 Å². The van der Waals surface area contributed by atoms with Crippen LogP contribution in [-0.4, -0.2) is 6.04 Å². The van der Waals surface area contributed by atoms with Gasteiger partial charge in [0.1, 0.15) is 0 Å². The summed E-state index contributed by atoms with van der Waals surface area (Å²) in [4.78, 5) is 0. The second kappa shape index (κ2) is 4.81. The molecular weight excluding hydrogens is 187 g/mol. The average molecular weight is 201 g/mol. The van der Waals surface area contributed by atoms with Crippen molar-refractivity contribution in [2.75, 3.05) is 0 Å². The van der Waals surface area contributed by atoms with Gasteiger partial charge in [-0.05, 0) is 6.04 Å². The van der Waals surface area contributed by atoms with E-state index >= 15 is 0 Å². The van der Waals surface area contributed by atoms with Crippen molar-refractivity contribution in [3.05, 3.63) is 5.92 Å². The van der Waals surface area contributed by atoms with E-state index < -0.39 is 0 Å². The molecule has 1 rings (SSSR count). The van der Waals surface area contributed by atoms with E-state index in [-0.39, 0.29) is 32.7 Å². The minimum absolute atomic E-state index is 0. The fraction of sp³-hybridized carbons (Fsp3) is 0.857. The van der Waals surface area contributed by atoms with E-state index in [1.807, 2.05) is 0 Å². The summed E-state index contributed by atoms with van der Waals surface area (Å²) in [5.74, 6) is 1.63. The molecule has 1 nitrogen and oxygen atoms in total. The number of hydrogen-bond donors (Lipinski definition) is 1. The summed E-state index contributed by atoms with van der Waals surface area (Å²) in [7, 11) is 0. The number of nitrogens with two attached hydrogens (primary N) is 1. The molecule has 51 valence electrons. The van der Waals surface area contributed by atoms with Gasteiger partial charge in [0.15, 0.2) is 0 Å². The smallest absolute Gasteiger partial charge is 0 e. The van der Waals surface area contributed by atoms with Gasteiger partial charge in [-0.25, -0.2) is 0 Å². The molecule has 0 aromatic rings. The molecule has 1 aliphatic rings. The Morgan fingerprint density at radius 2 is 1.78 bits per heavy atom. The molecule has 0 atom stereocenters. The van der Waals surface area contributed by atoms with Gasteiger partial charge in [-0.1, -0.05) is 12.8 Å². The molecule has 0 bridgehead atoms. The number of rotatable bonds is 0. The Morgan fingerprint density at radius 1 is 1.33 bits per heavy atom. The zero-order valence-corrected chi connectivity index (χ0v) is 8.90. The molecule has 1 radical (unpaired) electrons. The molecule has 0 unspecified atom stereocenters. The molecule has 0 aliphatic heterocycles. The van der Waals surface area contributed by atoms with E-state index in [9.17, 15) is 0 Å². The van der Waals surface area contributed by atoms with Crippen molar-refractivity contribution in [3.63, 3.8) is 0 Å². The predicted octanol–water partition coefficient (Wildman–Crippen LogP) is 1.48. The molecule has 0 saturated heterocycles. The molecule has 1 saturated carbocycles. The molecule has 0 heterocycles. The summed E-state index contributed by atoms with van der Waals surface area (Å²) in [6, 6.07) is 0.499. The van der Waals surface area contributed by atoms with Gasteiger partial charge in [0.25, 0.3) is 0 Å². The van der Waals surface area contributed by atoms with Crippen LogP contribution >= 0.6 is 0 Å². The Morgan fingerprint density at radius 3 is 2.11 bits per heavy atom. The molecule has 2 heteroatoms. The molecule has 0 aromatic carbocycles. The van der Waals surface area contributed by atoms with E-state index in [1.54, 1.807) is 5.92 Å². The largest absolute Gasteiger partial charge is 0.328 e. The molecule has 1 aliphatic carbocycles. The summed E-state index contributed by atoms with van der Waals surface area (Å²) in [6.07, 6.45) is 4.96. The normalized spacial score (nSPS) is 23.3. The van der Waals surface area contributed by atoms with Crippen LogP contribution in [0.25, 0.3) is 0 Å². The fourth-order valence-corrected chi connectivity index (χ4v) is 1.13. The summed E-state index contributed by atoms with van der Waals surface area (Å²) in [5, 5.41) is 0. The maximum atomic E-state index is 5.68. The first-order valence-electron chi connectivity index (χ1n) is 3.36. The van der Waals surface area contributed by atoms with Crippen molar-refractivity contribution >= 4 is 0 Å². The van der Waals surface area contributed by atoms with Crippen LogP contribution in [0.1, 0.15) is 32.6 Å². The van der Waals surface area contributed by atoms with E-state index in [0.29, 0.717) is 6.04 Å². The third kappa shape index (κ3) is 3.69. The van der Waals surface area contributed by atoms with Crippen molar-refractivity contribution in [2.45, 2.75) is 38.6 Å². The van der Waals surface area contributed by atoms with Crippen LogP contribution < -0.4 is 5.73 Å². The topological polar surface area (TPSA) is 26.0 Å². The van der Waals surface area contributed by atoms with E-state index in [2.05, 4.69) is 6.92 Å². The third-order valence-electron chi connectivity index (χ3n) is 1.88. The summed E-state index contributed by atoms with van der Waals surface area (Å²) in [6.45, 7) is 2.23. The maximum Gasteiger partial charge on any atom is 0 e. The molecule has 9 heavy (non-hydrogen) atoms. The zero-order chi connectivity index (χ0) is 5.98. The minimum Gasteiger partial charge on any atom is -0.328 e. The van der Waals surface area contributed by atoms with Crippen LogP contribution in [0, 0.1) is 5.92 Å². The first-order chi connectivity index (χ1) is 3.79. The second-order valence-electron chi connectivity index (χ2n) is 2.79. The SMILES string of the molecule is C[C-]1CCC(N)CC1.[Y]. The Balaban J connectivity index is 0.000000640. The van der Waals surface area contributed by atoms with Gasteiger partial charge in [0.2, 0.25) is 0 Å². The van der Waals surface area contributed by atoms with Crippen LogP contribution in [0.15, 0.2) is 0 Å². The Hall–Kier alpha value is 1.06. The standard InChI is InChI=1S/C7H14N.Y/c1-6-2-4-7(8)5-3-6;/h7H,2-5,8H2,1H3;/q-1;. The van der Waals surface area contributed by atoms with Crippen molar-refractivity contribution in [2.24, 2.45) is 5.73 Å². The first kappa shape index (κ1) is 10.1. The van der Waals surface area contributed by atoms with Gasteiger partial charge in [0.05, 0.1) is 0 Å². The van der Waals surface area contributed by atoms with Gasteiger partial charge < -0.3 is 11.7 Å². The minimum atomic E-state index is 0. The van der Waals surface area contributed by atoms with Crippen molar-refractivity contribution in [1.82, 2.24) is 0 Å². The van der Waals surface area contributed by atoms with Crippen LogP contribution in [0.4, 0.5) is 0 Å². The average Bonchev–Trinajstić information content (AvgIpc) is 1.77.